The van der Waals surface area contributed by atoms with Gasteiger partial charge in [-0.05, 0) is 30.3 Å². The number of rotatable bonds is 5. The summed E-state index contributed by atoms with van der Waals surface area (Å²) in [5, 5.41) is 8.03. The fraction of sp³-hybridized carbons (Fsp3) is 0. The number of H-pyrrole nitrogens is 2. The number of hydrogen-bond donors (Lipinski definition) is 3. The zero-order chi connectivity index (χ0) is 21.3. The Labute approximate surface area is 168 Å². The largest absolute Gasteiger partial charge is 0.325 e. The maximum atomic E-state index is 13.1. The molecule has 10 nitrogen and oxygen atoms in total. The number of aromatic amines is 2. The molecule has 4 rings (SSSR count). The second-order valence-corrected chi connectivity index (χ2v) is 7.76. The number of aromatic nitrogens is 5. The summed E-state index contributed by atoms with van der Waals surface area (Å²) < 4.78 is 42.1. The van der Waals surface area contributed by atoms with Gasteiger partial charge in [0.05, 0.1) is 17.6 Å². The topological polar surface area (TPSA) is 143 Å². The summed E-state index contributed by atoms with van der Waals surface area (Å²) >= 11 is 0. The van der Waals surface area contributed by atoms with Crippen LogP contribution in [0.3, 0.4) is 0 Å². The number of para-hydroxylation sites is 1. The molecule has 2 heterocycles. The molecule has 0 fully saturated rings. The Hall–Kier alpha value is -4.06. The molecule has 0 unspecified atom stereocenters. The molecule has 0 saturated heterocycles. The fourth-order valence-corrected chi connectivity index (χ4v) is 3.79. The van der Waals surface area contributed by atoms with Gasteiger partial charge >= 0.3 is 5.69 Å². The average molecular weight is 428 g/mol. The molecule has 0 radical (unpaired) electrons. The minimum absolute atomic E-state index is 0.147. The molecule has 152 valence electrons. The van der Waals surface area contributed by atoms with Crippen molar-refractivity contribution in [3.63, 3.8) is 0 Å². The van der Waals surface area contributed by atoms with E-state index in [9.17, 15) is 22.4 Å². The molecule has 0 amide bonds. The first-order valence-electron chi connectivity index (χ1n) is 8.46. The summed E-state index contributed by atoms with van der Waals surface area (Å²) in [4.78, 5) is 26.3. The van der Waals surface area contributed by atoms with Crippen LogP contribution in [-0.4, -0.2) is 33.4 Å². The zero-order valence-electron chi connectivity index (χ0n) is 15.0. The molecule has 12 heteroatoms. The molecule has 30 heavy (non-hydrogen) atoms. The van der Waals surface area contributed by atoms with Crippen LogP contribution < -0.4 is 16.0 Å². The lowest BCUT2D eigenvalue weighted by Gasteiger charge is -2.10. The molecule has 0 aliphatic heterocycles. The minimum atomic E-state index is -4.30. The van der Waals surface area contributed by atoms with Crippen LogP contribution in [0.4, 0.5) is 10.1 Å². The van der Waals surface area contributed by atoms with E-state index in [0.717, 1.165) is 6.20 Å². The zero-order valence-corrected chi connectivity index (χ0v) is 15.9. The van der Waals surface area contributed by atoms with Crippen molar-refractivity contribution in [3.05, 3.63) is 87.6 Å². The highest BCUT2D eigenvalue weighted by Gasteiger charge is 2.21. The minimum Gasteiger partial charge on any atom is -0.313 e. The van der Waals surface area contributed by atoms with Crippen LogP contribution in [-0.2, 0) is 10.0 Å². The molecule has 0 spiro atoms. The second kappa shape index (κ2) is 7.40. The van der Waals surface area contributed by atoms with Crippen LogP contribution in [0.1, 0.15) is 0 Å². The van der Waals surface area contributed by atoms with Crippen LogP contribution in [0.5, 0.6) is 0 Å². The van der Waals surface area contributed by atoms with Crippen LogP contribution in [0.15, 0.2) is 75.4 Å². The summed E-state index contributed by atoms with van der Waals surface area (Å²) in [5.74, 6) is -0.393. The SMILES string of the molecule is O=c1[nH]cc(S(=O)(=O)Nc2ccccc2-c2cn(-c3ccc(F)cc3)nn2)c(=O)[nH]1. The Morgan fingerprint density at radius 2 is 1.77 bits per heavy atom. The molecule has 0 aliphatic rings. The van der Waals surface area contributed by atoms with E-state index in [1.807, 2.05) is 4.98 Å². The number of anilines is 1. The van der Waals surface area contributed by atoms with E-state index in [-0.39, 0.29) is 5.69 Å². The predicted octanol–water partition coefficient (Wildman–Crippen LogP) is 1.25. The first-order valence-corrected chi connectivity index (χ1v) is 9.94. The molecule has 2 aromatic heterocycles. The predicted molar refractivity (Wildman–Crippen MR) is 105 cm³/mol. The third kappa shape index (κ3) is 3.75. The smallest absolute Gasteiger partial charge is 0.313 e. The van der Waals surface area contributed by atoms with Gasteiger partial charge in [0.25, 0.3) is 15.6 Å². The number of benzene rings is 2. The fourth-order valence-electron chi connectivity index (χ4n) is 2.70. The summed E-state index contributed by atoms with van der Waals surface area (Å²) in [6, 6.07) is 12.0. The van der Waals surface area contributed by atoms with Gasteiger partial charge in [-0.3, -0.25) is 14.5 Å². The molecule has 2 aromatic carbocycles. The van der Waals surface area contributed by atoms with Crippen molar-refractivity contribution in [2.24, 2.45) is 0 Å². The third-order valence-electron chi connectivity index (χ3n) is 4.11. The summed E-state index contributed by atoms with van der Waals surface area (Å²) in [6.45, 7) is 0. The van der Waals surface area contributed by atoms with Gasteiger partial charge in [0.15, 0.2) is 4.90 Å². The number of nitrogens with zero attached hydrogens (tertiary/aromatic N) is 3. The van der Waals surface area contributed by atoms with Gasteiger partial charge in [0.1, 0.15) is 11.5 Å². The number of hydrogen-bond acceptors (Lipinski definition) is 6. The van der Waals surface area contributed by atoms with Gasteiger partial charge in [-0.2, -0.15) is 0 Å². The van der Waals surface area contributed by atoms with Crippen molar-refractivity contribution >= 4 is 15.7 Å². The van der Waals surface area contributed by atoms with Crippen molar-refractivity contribution in [1.29, 1.82) is 0 Å². The summed E-state index contributed by atoms with van der Waals surface area (Å²) in [7, 11) is -4.30. The maximum Gasteiger partial charge on any atom is 0.325 e. The first kappa shape index (κ1) is 19.3. The van der Waals surface area contributed by atoms with Gasteiger partial charge in [-0.25, -0.2) is 22.3 Å². The highest BCUT2D eigenvalue weighted by molar-refractivity contribution is 7.92. The Morgan fingerprint density at radius 3 is 2.50 bits per heavy atom. The lowest BCUT2D eigenvalue weighted by Crippen LogP contribution is -2.29. The van der Waals surface area contributed by atoms with Crippen molar-refractivity contribution in [1.82, 2.24) is 25.0 Å². The number of halogens is 1. The van der Waals surface area contributed by atoms with Gasteiger partial charge in [0.2, 0.25) is 0 Å². The van der Waals surface area contributed by atoms with Crippen molar-refractivity contribution in [3.8, 4) is 16.9 Å². The van der Waals surface area contributed by atoms with E-state index in [1.165, 1.54) is 35.0 Å². The molecular formula is C18H13FN6O4S. The van der Waals surface area contributed by atoms with Gasteiger partial charge in [-0.15, -0.1) is 5.10 Å². The van der Waals surface area contributed by atoms with Crippen LogP contribution >= 0.6 is 0 Å². The maximum absolute atomic E-state index is 13.1. The van der Waals surface area contributed by atoms with E-state index in [1.54, 1.807) is 24.4 Å². The Kier molecular flexibility index (Phi) is 4.75. The summed E-state index contributed by atoms with van der Waals surface area (Å²) in [6.07, 6.45) is 2.37. The van der Waals surface area contributed by atoms with E-state index in [4.69, 9.17) is 0 Å². The molecule has 0 aliphatic carbocycles. The lowest BCUT2D eigenvalue weighted by molar-refractivity contribution is 0.599. The molecule has 4 aromatic rings. The highest BCUT2D eigenvalue weighted by Crippen LogP contribution is 2.28. The molecular weight excluding hydrogens is 415 g/mol. The van der Waals surface area contributed by atoms with Crippen molar-refractivity contribution < 1.29 is 12.8 Å². The monoisotopic (exact) mass is 428 g/mol. The van der Waals surface area contributed by atoms with Crippen molar-refractivity contribution in [2.75, 3.05) is 4.72 Å². The van der Waals surface area contributed by atoms with Crippen LogP contribution in [0.25, 0.3) is 16.9 Å². The van der Waals surface area contributed by atoms with E-state index < -0.39 is 32.0 Å². The quantitative estimate of drug-likeness (QED) is 0.437. The van der Waals surface area contributed by atoms with Crippen LogP contribution in [0.2, 0.25) is 0 Å². The van der Waals surface area contributed by atoms with Gasteiger partial charge in [0, 0.05) is 11.8 Å². The number of sulfonamides is 1. The molecule has 0 saturated carbocycles. The normalized spacial score (nSPS) is 11.4. The first-order chi connectivity index (χ1) is 14.3. The second-order valence-electron chi connectivity index (χ2n) is 6.11. The lowest BCUT2D eigenvalue weighted by atomic mass is 10.1. The Morgan fingerprint density at radius 1 is 1.03 bits per heavy atom. The van der Waals surface area contributed by atoms with Gasteiger partial charge < -0.3 is 4.98 Å². The van der Waals surface area contributed by atoms with E-state index >= 15 is 0 Å². The van der Waals surface area contributed by atoms with E-state index in [2.05, 4.69) is 20.0 Å². The standard InChI is InChI=1S/C18H13FN6O4S/c19-11-5-7-12(8-6-11)25-10-15(22-24-25)13-3-1-2-4-14(13)23-30(28,29)16-9-20-18(27)21-17(16)26/h1-10,23H,(H2,20,21,26,27). The molecule has 0 atom stereocenters. The summed E-state index contributed by atoms with van der Waals surface area (Å²) in [5.41, 5.74) is -0.423. The van der Waals surface area contributed by atoms with Crippen LogP contribution in [0, 0.1) is 5.82 Å². The third-order valence-corrected chi connectivity index (χ3v) is 5.48. The average Bonchev–Trinajstić information content (AvgIpc) is 3.18. The van der Waals surface area contributed by atoms with E-state index in [0.29, 0.717) is 16.9 Å². The van der Waals surface area contributed by atoms with Crippen molar-refractivity contribution in [2.45, 2.75) is 4.90 Å². The Balaban J connectivity index is 1.71. The highest BCUT2D eigenvalue weighted by atomic mass is 32.2. The molecule has 0 bridgehead atoms. The molecule has 3 N–H and O–H groups in total. The van der Waals surface area contributed by atoms with Gasteiger partial charge in [-0.1, -0.05) is 23.4 Å². The Bertz CT molecular complexity index is 1440. The number of nitrogens with one attached hydrogen (secondary N) is 3.